The van der Waals surface area contributed by atoms with E-state index in [1.807, 2.05) is 28.8 Å². The van der Waals surface area contributed by atoms with Gasteiger partial charge in [-0.1, -0.05) is 18.2 Å². The number of hydrogen-bond donors (Lipinski definition) is 1. The summed E-state index contributed by atoms with van der Waals surface area (Å²) in [5.41, 5.74) is 3.84. The van der Waals surface area contributed by atoms with E-state index < -0.39 is 0 Å². The van der Waals surface area contributed by atoms with E-state index in [1.165, 1.54) is 5.56 Å². The Balaban J connectivity index is 1.64. The van der Waals surface area contributed by atoms with Gasteiger partial charge in [0.25, 0.3) is 5.91 Å². The maximum atomic E-state index is 13.2. The third kappa shape index (κ3) is 4.79. The number of ketones is 1. The van der Waals surface area contributed by atoms with Crippen LogP contribution in [0.4, 0.5) is 0 Å². The van der Waals surface area contributed by atoms with E-state index in [9.17, 15) is 9.59 Å². The summed E-state index contributed by atoms with van der Waals surface area (Å²) < 4.78 is 5.39. The number of hydrogen-bond acceptors (Lipinski definition) is 5. The molecule has 1 amide bonds. The molecule has 1 N–H and O–H groups in total. The van der Waals surface area contributed by atoms with Crippen LogP contribution < -0.4 is 10.1 Å². The van der Waals surface area contributed by atoms with Crippen molar-refractivity contribution in [2.75, 3.05) is 31.7 Å². The number of carbonyl (C=O) groups excluding carboxylic acids is 2. The Labute approximate surface area is 187 Å². The van der Waals surface area contributed by atoms with Gasteiger partial charge in [-0.2, -0.15) is 11.8 Å². The van der Waals surface area contributed by atoms with Crippen LogP contribution in [0.15, 0.2) is 48.5 Å². The van der Waals surface area contributed by atoms with Crippen molar-refractivity contribution in [3.63, 3.8) is 0 Å². The van der Waals surface area contributed by atoms with Crippen LogP contribution in [0.1, 0.15) is 45.7 Å². The van der Waals surface area contributed by atoms with Crippen molar-refractivity contribution in [3.8, 4) is 5.75 Å². The van der Waals surface area contributed by atoms with Gasteiger partial charge in [0.05, 0.1) is 7.11 Å². The molecule has 2 aliphatic heterocycles. The lowest BCUT2D eigenvalue weighted by molar-refractivity contribution is 0.0772. The van der Waals surface area contributed by atoms with Gasteiger partial charge in [-0.15, -0.1) is 0 Å². The zero-order chi connectivity index (χ0) is 22.0. The SMILES string of the molecule is COc1ccc2c(c1)/C(=C/C(=O)c1cccc(C(=O)N3CCSCC3)c1)NC(C)(C)C2. The molecule has 6 heteroatoms. The maximum Gasteiger partial charge on any atom is 0.253 e. The Morgan fingerprint density at radius 2 is 1.84 bits per heavy atom. The normalized spacial score (nSPS) is 18.8. The molecule has 1 saturated heterocycles. The van der Waals surface area contributed by atoms with Crippen molar-refractivity contribution < 1.29 is 14.3 Å². The summed E-state index contributed by atoms with van der Waals surface area (Å²) in [5.74, 6) is 2.54. The summed E-state index contributed by atoms with van der Waals surface area (Å²) >= 11 is 1.86. The Kier molecular flexibility index (Phi) is 6.10. The standard InChI is InChI=1S/C25H28N2O3S/c1-25(2)16-19-7-8-20(30-3)14-21(19)22(26-25)15-23(28)17-5-4-6-18(13-17)24(29)27-9-11-31-12-10-27/h4-8,13-15,26H,9-12,16H2,1-3H3/b22-15-. The maximum absolute atomic E-state index is 13.2. The van der Waals surface area contributed by atoms with Crippen LogP contribution in [-0.2, 0) is 6.42 Å². The summed E-state index contributed by atoms with van der Waals surface area (Å²) in [6, 6.07) is 13.0. The third-order valence-electron chi connectivity index (χ3n) is 5.68. The van der Waals surface area contributed by atoms with Crippen LogP contribution in [0.3, 0.4) is 0 Å². The van der Waals surface area contributed by atoms with Gasteiger partial charge in [0.2, 0.25) is 0 Å². The second kappa shape index (κ2) is 8.79. The highest BCUT2D eigenvalue weighted by atomic mass is 32.2. The average Bonchev–Trinajstić information content (AvgIpc) is 2.78. The van der Waals surface area contributed by atoms with Crippen LogP contribution in [0, 0.1) is 0 Å². The van der Waals surface area contributed by atoms with Gasteiger partial charge < -0.3 is 15.0 Å². The molecule has 2 aromatic carbocycles. The Hall–Kier alpha value is -2.73. The van der Waals surface area contributed by atoms with Crippen LogP contribution >= 0.6 is 11.8 Å². The first-order chi connectivity index (χ1) is 14.9. The summed E-state index contributed by atoms with van der Waals surface area (Å²) in [6.45, 7) is 5.75. The molecule has 5 nitrogen and oxygen atoms in total. The van der Waals surface area contributed by atoms with Crippen molar-refractivity contribution in [2.24, 2.45) is 0 Å². The minimum Gasteiger partial charge on any atom is -0.497 e. The molecule has 4 rings (SSSR count). The number of carbonyl (C=O) groups is 2. The molecule has 0 spiro atoms. The fourth-order valence-corrected chi connectivity index (χ4v) is 5.03. The molecule has 0 bridgehead atoms. The lowest BCUT2D eigenvalue weighted by atomic mass is 9.85. The van der Waals surface area contributed by atoms with E-state index in [0.29, 0.717) is 11.1 Å². The van der Waals surface area contributed by atoms with Gasteiger partial charge in [-0.25, -0.2) is 0 Å². The zero-order valence-electron chi connectivity index (χ0n) is 18.2. The molecule has 0 atom stereocenters. The van der Waals surface area contributed by atoms with E-state index >= 15 is 0 Å². The van der Waals surface area contributed by atoms with Gasteiger partial charge in [-0.05, 0) is 50.1 Å². The molecule has 2 heterocycles. The minimum atomic E-state index is -0.169. The predicted molar refractivity (Wildman–Crippen MR) is 126 cm³/mol. The number of nitrogens with one attached hydrogen (secondary N) is 1. The minimum absolute atomic E-state index is 0.00499. The topological polar surface area (TPSA) is 58.6 Å². The highest BCUT2D eigenvalue weighted by molar-refractivity contribution is 7.99. The van der Waals surface area contributed by atoms with Gasteiger partial charge in [0, 0.05) is 58.6 Å². The number of amides is 1. The summed E-state index contributed by atoms with van der Waals surface area (Å²) in [4.78, 5) is 27.9. The van der Waals surface area contributed by atoms with E-state index in [0.717, 1.165) is 48.0 Å². The monoisotopic (exact) mass is 436 g/mol. The van der Waals surface area contributed by atoms with Crippen LogP contribution in [-0.4, -0.2) is 53.8 Å². The van der Waals surface area contributed by atoms with Gasteiger partial charge in [0.15, 0.2) is 5.78 Å². The number of allylic oxidation sites excluding steroid dienone is 1. The molecular weight excluding hydrogens is 408 g/mol. The predicted octanol–water partition coefficient (Wildman–Crippen LogP) is 4.03. The molecule has 162 valence electrons. The molecule has 0 saturated carbocycles. The number of benzene rings is 2. The van der Waals surface area contributed by atoms with Gasteiger partial charge >= 0.3 is 0 Å². The number of rotatable bonds is 4. The zero-order valence-corrected chi connectivity index (χ0v) is 19.1. The first kappa shape index (κ1) is 21.5. The Morgan fingerprint density at radius 1 is 1.10 bits per heavy atom. The lowest BCUT2D eigenvalue weighted by Gasteiger charge is -2.35. The van der Waals surface area contributed by atoms with E-state index in [1.54, 1.807) is 37.5 Å². The van der Waals surface area contributed by atoms with Crippen molar-refractivity contribution in [1.29, 1.82) is 0 Å². The van der Waals surface area contributed by atoms with Crippen molar-refractivity contribution in [3.05, 3.63) is 70.8 Å². The largest absolute Gasteiger partial charge is 0.497 e. The highest BCUT2D eigenvalue weighted by Gasteiger charge is 2.28. The second-order valence-corrected chi connectivity index (χ2v) is 9.84. The third-order valence-corrected chi connectivity index (χ3v) is 6.62. The van der Waals surface area contributed by atoms with Crippen molar-refractivity contribution >= 4 is 29.1 Å². The first-order valence-corrected chi connectivity index (χ1v) is 11.7. The number of ether oxygens (including phenoxy) is 1. The van der Waals surface area contributed by atoms with Crippen molar-refractivity contribution in [1.82, 2.24) is 10.2 Å². The van der Waals surface area contributed by atoms with Crippen LogP contribution in [0.25, 0.3) is 5.70 Å². The number of thioether (sulfide) groups is 1. The number of fused-ring (bicyclic) bond motifs is 1. The number of methoxy groups -OCH3 is 1. The Bertz CT molecular complexity index is 1040. The second-order valence-electron chi connectivity index (χ2n) is 8.62. The quantitative estimate of drug-likeness (QED) is 0.579. The van der Waals surface area contributed by atoms with Gasteiger partial charge in [-0.3, -0.25) is 9.59 Å². The molecule has 0 aromatic heterocycles. The molecule has 0 aliphatic carbocycles. The first-order valence-electron chi connectivity index (χ1n) is 10.5. The smallest absolute Gasteiger partial charge is 0.253 e. The average molecular weight is 437 g/mol. The van der Waals surface area contributed by atoms with E-state index in [4.69, 9.17) is 4.74 Å². The number of nitrogens with zero attached hydrogens (tertiary/aromatic N) is 1. The summed E-state index contributed by atoms with van der Waals surface area (Å²) in [6.07, 6.45) is 2.50. The van der Waals surface area contributed by atoms with E-state index in [2.05, 4.69) is 25.2 Å². The molecule has 1 fully saturated rings. The van der Waals surface area contributed by atoms with Crippen LogP contribution in [0.5, 0.6) is 5.75 Å². The van der Waals surface area contributed by atoms with E-state index in [-0.39, 0.29) is 17.2 Å². The molecule has 0 unspecified atom stereocenters. The lowest BCUT2D eigenvalue weighted by Crippen LogP contribution is -2.43. The molecule has 2 aliphatic rings. The highest BCUT2D eigenvalue weighted by Crippen LogP contribution is 2.32. The fraction of sp³-hybridized carbons (Fsp3) is 0.360. The molecular formula is C25H28N2O3S. The fourth-order valence-electron chi connectivity index (χ4n) is 4.12. The molecule has 31 heavy (non-hydrogen) atoms. The molecule has 2 aromatic rings. The van der Waals surface area contributed by atoms with Crippen LogP contribution in [0.2, 0.25) is 0 Å². The molecule has 0 radical (unpaired) electrons. The van der Waals surface area contributed by atoms with Crippen molar-refractivity contribution in [2.45, 2.75) is 25.8 Å². The summed E-state index contributed by atoms with van der Waals surface area (Å²) in [7, 11) is 1.64. The summed E-state index contributed by atoms with van der Waals surface area (Å²) in [5, 5.41) is 3.50. The Morgan fingerprint density at radius 3 is 2.58 bits per heavy atom. The van der Waals surface area contributed by atoms with Gasteiger partial charge in [0.1, 0.15) is 5.75 Å².